The van der Waals surface area contributed by atoms with Crippen LogP contribution in [0, 0.1) is 5.82 Å². The maximum absolute atomic E-state index is 13.0. The van der Waals surface area contributed by atoms with Gasteiger partial charge in [0, 0.05) is 10.7 Å². The summed E-state index contributed by atoms with van der Waals surface area (Å²) >= 11 is 5.84. The fraction of sp³-hybridized carbons (Fsp3) is 0.176. The molecule has 2 aromatic rings. The minimum atomic E-state index is -0.625. The van der Waals surface area contributed by atoms with Crippen molar-refractivity contribution < 1.29 is 14.0 Å². The third-order valence-electron chi connectivity index (χ3n) is 3.81. The van der Waals surface area contributed by atoms with Crippen LogP contribution in [0.2, 0.25) is 5.02 Å². The van der Waals surface area contributed by atoms with E-state index in [1.807, 2.05) is 0 Å². The Labute approximate surface area is 138 Å². The van der Waals surface area contributed by atoms with Crippen LogP contribution in [0.3, 0.4) is 0 Å². The van der Waals surface area contributed by atoms with Crippen LogP contribution in [0.15, 0.2) is 48.5 Å². The maximum Gasteiger partial charge on any atom is 0.332 e. The summed E-state index contributed by atoms with van der Waals surface area (Å²) in [6.45, 7) is 1.84. The Kier molecular flexibility index (Phi) is 4.05. The van der Waals surface area contributed by atoms with E-state index in [4.69, 9.17) is 11.6 Å². The number of hydrogen-bond acceptors (Lipinski definition) is 2. The van der Waals surface area contributed by atoms with Gasteiger partial charge in [0.25, 0.3) is 5.91 Å². The zero-order chi connectivity index (χ0) is 16.6. The first-order valence-corrected chi connectivity index (χ1v) is 7.50. The predicted molar refractivity (Wildman–Crippen MR) is 85.7 cm³/mol. The van der Waals surface area contributed by atoms with Crippen molar-refractivity contribution >= 4 is 29.2 Å². The molecule has 1 unspecified atom stereocenters. The maximum atomic E-state index is 13.0. The van der Waals surface area contributed by atoms with Gasteiger partial charge in [-0.05, 0) is 48.9 Å². The number of benzene rings is 2. The van der Waals surface area contributed by atoms with E-state index in [1.54, 1.807) is 31.2 Å². The first-order valence-electron chi connectivity index (χ1n) is 7.12. The van der Waals surface area contributed by atoms with Gasteiger partial charge in [-0.1, -0.05) is 23.7 Å². The van der Waals surface area contributed by atoms with Crippen LogP contribution in [-0.4, -0.2) is 22.9 Å². The lowest BCUT2D eigenvalue weighted by molar-refractivity contribution is -0.127. The molecule has 0 aromatic heterocycles. The number of halogens is 2. The summed E-state index contributed by atoms with van der Waals surface area (Å²) in [5.41, 5.74) is 1.31. The second-order valence-electron chi connectivity index (χ2n) is 5.36. The predicted octanol–water partition coefficient (Wildman–Crippen LogP) is 3.84. The lowest BCUT2D eigenvalue weighted by Crippen LogP contribution is -2.33. The van der Waals surface area contributed by atoms with Gasteiger partial charge in [-0.3, -0.25) is 14.6 Å². The van der Waals surface area contributed by atoms with Gasteiger partial charge in [0.1, 0.15) is 11.9 Å². The van der Waals surface area contributed by atoms with E-state index in [9.17, 15) is 14.0 Å². The molecule has 0 aliphatic carbocycles. The Morgan fingerprint density at radius 2 is 1.65 bits per heavy atom. The molecule has 1 aliphatic heterocycles. The number of amides is 3. The van der Waals surface area contributed by atoms with E-state index in [1.165, 1.54) is 34.1 Å². The highest BCUT2D eigenvalue weighted by molar-refractivity contribution is 6.30. The topological polar surface area (TPSA) is 40.6 Å². The van der Waals surface area contributed by atoms with E-state index >= 15 is 0 Å². The average molecular weight is 333 g/mol. The quantitative estimate of drug-likeness (QED) is 0.801. The van der Waals surface area contributed by atoms with Crippen LogP contribution in [0.4, 0.5) is 14.9 Å². The lowest BCUT2D eigenvalue weighted by atomic mass is 10.2. The first kappa shape index (κ1) is 15.5. The fourth-order valence-corrected chi connectivity index (χ4v) is 2.71. The Morgan fingerprint density at radius 3 is 2.26 bits per heavy atom. The number of nitrogens with zero attached hydrogens (tertiary/aromatic N) is 2. The van der Waals surface area contributed by atoms with Crippen molar-refractivity contribution in [1.82, 2.24) is 4.90 Å². The standard InChI is InChI=1S/C17H14ClFN2O2/c1-11-16(22)20(10-12-2-4-13(18)5-3-12)17(23)21(11)15-8-6-14(19)7-9-15/h2-9,11H,10H2,1H3. The number of imide groups is 1. The van der Waals surface area contributed by atoms with Gasteiger partial charge in [0.15, 0.2) is 0 Å². The zero-order valence-electron chi connectivity index (χ0n) is 12.4. The van der Waals surface area contributed by atoms with Crippen molar-refractivity contribution in [2.45, 2.75) is 19.5 Å². The van der Waals surface area contributed by atoms with Crippen LogP contribution in [-0.2, 0) is 11.3 Å². The Bertz CT molecular complexity index is 746. The van der Waals surface area contributed by atoms with Crippen molar-refractivity contribution in [3.05, 3.63) is 64.9 Å². The second kappa shape index (κ2) is 6.01. The molecule has 0 N–H and O–H groups in total. The highest BCUT2D eigenvalue weighted by Gasteiger charge is 2.43. The van der Waals surface area contributed by atoms with E-state index in [-0.39, 0.29) is 12.5 Å². The van der Waals surface area contributed by atoms with E-state index < -0.39 is 17.9 Å². The van der Waals surface area contributed by atoms with Gasteiger partial charge >= 0.3 is 6.03 Å². The smallest absolute Gasteiger partial charge is 0.282 e. The molecule has 1 fully saturated rings. The molecule has 6 heteroatoms. The van der Waals surface area contributed by atoms with Gasteiger partial charge < -0.3 is 0 Å². The van der Waals surface area contributed by atoms with Gasteiger partial charge in [-0.15, -0.1) is 0 Å². The summed E-state index contributed by atoms with van der Waals surface area (Å²) < 4.78 is 13.0. The van der Waals surface area contributed by atoms with E-state index in [2.05, 4.69) is 0 Å². The monoisotopic (exact) mass is 332 g/mol. The average Bonchev–Trinajstić information content (AvgIpc) is 2.74. The van der Waals surface area contributed by atoms with Gasteiger partial charge in [-0.2, -0.15) is 0 Å². The van der Waals surface area contributed by atoms with Gasteiger partial charge in [-0.25, -0.2) is 9.18 Å². The minimum Gasteiger partial charge on any atom is -0.282 e. The van der Waals surface area contributed by atoms with Crippen molar-refractivity contribution in [3.8, 4) is 0 Å². The summed E-state index contributed by atoms with van der Waals surface area (Å²) in [6.07, 6.45) is 0. The summed E-state index contributed by atoms with van der Waals surface area (Å²) in [5.74, 6) is -0.674. The molecule has 3 rings (SSSR count). The molecule has 0 spiro atoms. The molecular weight excluding hydrogens is 319 g/mol. The van der Waals surface area contributed by atoms with E-state index in [0.717, 1.165) is 5.56 Å². The number of carbonyl (C=O) groups is 2. The highest BCUT2D eigenvalue weighted by Crippen LogP contribution is 2.27. The first-order chi connectivity index (χ1) is 11.0. The normalized spacial score (nSPS) is 18.0. The van der Waals surface area contributed by atoms with Crippen molar-refractivity contribution in [3.63, 3.8) is 0 Å². The molecule has 118 valence electrons. The summed E-state index contributed by atoms with van der Waals surface area (Å²) in [4.78, 5) is 27.6. The number of rotatable bonds is 3. The second-order valence-corrected chi connectivity index (χ2v) is 5.79. The van der Waals surface area contributed by atoms with Crippen molar-refractivity contribution in [2.75, 3.05) is 4.90 Å². The molecule has 1 atom stereocenters. The molecular formula is C17H14ClFN2O2. The molecule has 23 heavy (non-hydrogen) atoms. The molecule has 0 saturated carbocycles. The van der Waals surface area contributed by atoms with Crippen LogP contribution in [0.25, 0.3) is 0 Å². The molecule has 1 saturated heterocycles. The Morgan fingerprint density at radius 1 is 1.04 bits per heavy atom. The molecule has 3 amide bonds. The van der Waals surface area contributed by atoms with Crippen LogP contribution in [0.5, 0.6) is 0 Å². The number of hydrogen-bond donors (Lipinski definition) is 0. The lowest BCUT2D eigenvalue weighted by Gasteiger charge is -2.19. The third kappa shape index (κ3) is 2.92. The minimum absolute atomic E-state index is 0.177. The summed E-state index contributed by atoms with van der Waals surface area (Å²) in [6, 6.07) is 11.4. The van der Waals surface area contributed by atoms with E-state index in [0.29, 0.717) is 10.7 Å². The Balaban J connectivity index is 1.85. The van der Waals surface area contributed by atoms with Crippen LogP contribution < -0.4 is 4.90 Å². The zero-order valence-corrected chi connectivity index (χ0v) is 13.1. The van der Waals surface area contributed by atoms with Crippen LogP contribution in [0.1, 0.15) is 12.5 Å². The fourth-order valence-electron chi connectivity index (χ4n) is 2.58. The summed E-state index contributed by atoms with van der Waals surface area (Å²) in [5, 5.41) is 0.592. The van der Waals surface area contributed by atoms with Crippen LogP contribution >= 0.6 is 11.6 Å². The number of urea groups is 1. The van der Waals surface area contributed by atoms with Gasteiger partial charge in [0.2, 0.25) is 0 Å². The van der Waals surface area contributed by atoms with Crippen molar-refractivity contribution in [1.29, 1.82) is 0 Å². The molecule has 4 nitrogen and oxygen atoms in total. The molecule has 0 radical (unpaired) electrons. The Hall–Kier alpha value is -2.40. The molecule has 2 aromatic carbocycles. The molecule has 1 aliphatic rings. The molecule has 1 heterocycles. The third-order valence-corrected chi connectivity index (χ3v) is 4.06. The number of carbonyl (C=O) groups excluding carboxylic acids is 2. The van der Waals surface area contributed by atoms with Gasteiger partial charge in [0.05, 0.1) is 6.54 Å². The van der Waals surface area contributed by atoms with Crippen molar-refractivity contribution in [2.24, 2.45) is 0 Å². The molecule has 0 bridgehead atoms. The largest absolute Gasteiger partial charge is 0.332 e. The highest BCUT2D eigenvalue weighted by atomic mass is 35.5. The SMILES string of the molecule is CC1C(=O)N(Cc2ccc(Cl)cc2)C(=O)N1c1ccc(F)cc1. The summed E-state index contributed by atoms with van der Waals surface area (Å²) in [7, 11) is 0. The number of anilines is 1.